The third kappa shape index (κ3) is 6.35. The Kier molecular flexibility index (Phi) is 7.95. The number of aromatic nitrogens is 2. The van der Waals surface area contributed by atoms with Crippen LogP contribution >= 0.6 is 10.8 Å². The quantitative estimate of drug-likeness (QED) is 0.156. The Balaban J connectivity index is 1.60. The van der Waals surface area contributed by atoms with Crippen LogP contribution in [0.5, 0.6) is 0 Å². The summed E-state index contributed by atoms with van der Waals surface area (Å²) < 4.78 is 104. The van der Waals surface area contributed by atoms with Crippen molar-refractivity contribution in [2.45, 2.75) is 35.2 Å². The van der Waals surface area contributed by atoms with Gasteiger partial charge in [0.1, 0.15) is 22.9 Å². The highest BCUT2D eigenvalue weighted by molar-refractivity contribution is 8.23. The zero-order valence-corrected chi connectivity index (χ0v) is 23.3. The summed E-state index contributed by atoms with van der Waals surface area (Å²) in [5.74, 6) is -4.61. The first-order valence-corrected chi connectivity index (χ1v) is 15.4. The van der Waals surface area contributed by atoms with Gasteiger partial charge in [0.25, 0.3) is 10.0 Å². The van der Waals surface area contributed by atoms with Crippen molar-refractivity contribution >= 4 is 43.7 Å². The third-order valence-electron chi connectivity index (χ3n) is 6.53. The van der Waals surface area contributed by atoms with Crippen LogP contribution in [0.3, 0.4) is 0 Å². The van der Waals surface area contributed by atoms with E-state index in [1.807, 2.05) is 0 Å². The van der Waals surface area contributed by atoms with Gasteiger partial charge in [-0.2, -0.15) is 13.2 Å². The molecule has 0 saturated carbocycles. The topological polar surface area (TPSA) is 162 Å². The molecule has 0 spiro atoms. The van der Waals surface area contributed by atoms with Crippen molar-refractivity contribution in [1.82, 2.24) is 19.2 Å². The largest absolute Gasteiger partial charge is 0.492 e. The van der Waals surface area contributed by atoms with E-state index >= 15 is 0 Å². The van der Waals surface area contributed by atoms with E-state index in [-0.39, 0.29) is 16.7 Å². The zero-order chi connectivity index (χ0) is 31.2. The zero-order valence-electron chi connectivity index (χ0n) is 21.7. The summed E-state index contributed by atoms with van der Waals surface area (Å²) in [6, 6.07) is 13.8. The molecule has 1 unspecified atom stereocenters. The second-order valence-electron chi connectivity index (χ2n) is 9.51. The fraction of sp³-hybridized carbons (Fsp3) is 0.192. The molecule has 0 bridgehead atoms. The number of nitrogens with zero attached hydrogens (tertiary/aromatic N) is 2. The van der Waals surface area contributed by atoms with Crippen LogP contribution in [-0.2, 0) is 30.9 Å². The number of hydrogen-bond acceptors (Lipinski definition) is 8. The molecule has 11 nitrogen and oxygen atoms in total. The number of carbonyl (C=O) groups excluding carboxylic acids is 2. The number of fused-ring (bicyclic) bond motifs is 1. The lowest BCUT2D eigenvalue weighted by Gasteiger charge is -2.33. The van der Waals surface area contributed by atoms with Gasteiger partial charge in [0.15, 0.2) is 0 Å². The van der Waals surface area contributed by atoms with Gasteiger partial charge in [0, 0.05) is 0 Å². The van der Waals surface area contributed by atoms with Gasteiger partial charge in [-0.15, -0.1) is 10.8 Å². The van der Waals surface area contributed by atoms with E-state index in [1.54, 1.807) is 24.3 Å². The second-order valence-corrected chi connectivity index (χ2v) is 13.2. The number of nitrogens with one attached hydrogen (secondary N) is 2. The Hall–Kier alpha value is -4.03. The Morgan fingerprint density at radius 1 is 1.09 bits per heavy atom. The number of aromatic amines is 1. The van der Waals surface area contributed by atoms with Crippen LogP contribution in [0.2, 0.25) is 0 Å². The van der Waals surface area contributed by atoms with Crippen molar-refractivity contribution in [3.8, 4) is 0 Å². The molecule has 1 saturated heterocycles. The summed E-state index contributed by atoms with van der Waals surface area (Å²) >= 11 is 0. The van der Waals surface area contributed by atoms with Gasteiger partial charge in [0.05, 0.1) is 22.3 Å². The van der Waals surface area contributed by atoms with Crippen LogP contribution in [-0.4, -0.2) is 50.0 Å². The minimum absolute atomic E-state index is 0.153. The van der Waals surface area contributed by atoms with Gasteiger partial charge in [-0.3, -0.25) is 18.6 Å². The van der Waals surface area contributed by atoms with E-state index in [9.17, 15) is 44.7 Å². The molecule has 228 valence electrons. The molecule has 4 aromatic rings. The average molecular weight is 643 g/mol. The molecule has 0 radical (unpaired) electrons. The van der Waals surface area contributed by atoms with Crippen LogP contribution in [0.4, 0.5) is 17.6 Å². The maximum absolute atomic E-state index is 14.0. The van der Waals surface area contributed by atoms with Crippen molar-refractivity contribution in [3.05, 3.63) is 95.6 Å². The van der Waals surface area contributed by atoms with Crippen molar-refractivity contribution < 1.29 is 49.5 Å². The number of halogens is 4. The predicted molar refractivity (Wildman–Crippen MR) is 145 cm³/mol. The second kappa shape index (κ2) is 11.2. The van der Waals surface area contributed by atoms with Crippen LogP contribution in [0, 0.1) is 5.82 Å². The van der Waals surface area contributed by atoms with Crippen molar-refractivity contribution in [1.29, 1.82) is 0 Å². The molecule has 17 heteroatoms. The molecule has 5 rings (SSSR count). The summed E-state index contributed by atoms with van der Waals surface area (Å²) in [6.07, 6.45) is -6.21. The molecule has 2 atom stereocenters. The number of carbonyl (C=O) groups is 2. The van der Waals surface area contributed by atoms with Gasteiger partial charge in [-0.25, -0.2) is 22.6 Å². The van der Waals surface area contributed by atoms with Crippen molar-refractivity contribution in [2.24, 2.45) is 0 Å². The molecule has 43 heavy (non-hydrogen) atoms. The lowest BCUT2D eigenvalue weighted by Crippen LogP contribution is -2.42. The first-order chi connectivity index (χ1) is 20.1. The van der Waals surface area contributed by atoms with Gasteiger partial charge in [-0.05, 0) is 52.3 Å². The Morgan fingerprint density at radius 2 is 1.79 bits per heavy atom. The predicted octanol–water partition coefficient (Wildman–Crippen LogP) is 4.92. The molecule has 1 amide bonds. The van der Waals surface area contributed by atoms with Crippen molar-refractivity contribution in [3.63, 3.8) is 0 Å². The molecule has 2 heterocycles. The third-order valence-corrected chi connectivity index (χ3v) is 9.94. The van der Waals surface area contributed by atoms with Crippen LogP contribution in [0.15, 0.2) is 77.7 Å². The summed E-state index contributed by atoms with van der Waals surface area (Å²) in [7, 11) is -8.62. The maximum atomic E-state index is 14.0. The summed E-state index contributed by atoms with van der Waals surface area (Å²) in [4.78, 5) is 34.6. The number of alkyl halides is 3. The molecule has 1 aliphatic heterocycles. The highest BCUT2D eigenvalue weighted by Crippen LogP contribution is 2.56. The average Bonchev–Trinajstić information content (AvgIpc) is 3.49. The van der Waals surface area contributed by atoms with Crippen LogP contribution in [0.1, 0.15) is 34.7 Å². The van der Waals surface area contributed by atoms with Crippen LogP contribution in [0.25, 0.3) is 11.0 Å². The minimum Gasteiger partial charge on any atom is -0.344 e. The van der Waals surface area contributed by atoms with Gasteiger partial charge >= 0.3 is 12.1 Å². The highest BCUT2D eigenvalue weighted by atomic mass is 32.3. The first kappa shape index (κ1) is 30.4. The van der Waals surface area contributed by atoms with Crippen LogP contribution < -0.4 is 4.72 Å². The van der Waals surface area contributed by atoms with Crippen molar-refractivity contribution in [2.75, 3.05) is 0 Å². The fourth-order valence-electron chi connectivity index (χ4n) is 4.51. The monoisotopic (exact) mass is 642 g/mol. The highest BCUT2D eigenvalue weighted by Gasteiger charge is 2.47. The molecule has 1 aliphatic rings. The lowest BCUT2D eigenvalue weighted by molar-refractivity contribution is -0.227. The number of sulfonamides is 1. The number of H-pyrrole nitrogens is 1. The normalized spacial score (nSPS) is 18.4. The molecule has 3 aromatic carbocycles. The summed E-state index contributed by atoms with van der Waals surface area (Å²) in [6.45, 7) is 0. The number of hydroxylamine groups is 1. The van der Waals surface area contributed by atoms with E-state index in [0.29, 0.717) is 28.2 Å². The van der Waals surface area contributed by atoms with E-state index < -0.39 is 67.3 Å². The molecule has 1 aromatic heterocycles. The lowest BCUT2D eigenvalue weighted by atomic mass is 10.0. The maximum Gasteiger partial charge on any atom is 0.492 e. The minimum atomic E-state index is -5.59. The Labute approximate surface area is 243 Å². The smallest absolute Gasteiger partial charge is 0.344 e. The standard InChI is InChI=1S/C26H22F4N4O7S2/c27-17-4-3-5-18(13-17)43(39,40)34(41-25(36)26(28,29)30)21(24-31-19-6-1-2-7-20(19)32-24)12-15-8-10-16(11-9-15)22-14-23(35)33-42(22,37)38/h1-11,13,21-22,37-38H,12,14H2,(H,31,32)(H,33,35)/t21-,22?/m0/s1. The number of para-hydroxylation sites is 2. The van der Waals surface area contributed by atoms with E-state index in [2.05, 4.69) is 19.5 Å². The number of amides is 1. The molecule has 1 fully saturated rings. The van der Waals surface area contributed by atoms with E-state index in [4.69, 9.17) is 0 Å². The SMILES string of the molecule is O=C1CC(c2ccc(C[C@@H](c3nc4ccccc4[nH]3)N(OC(=O)C(F)(F)F)S(=O)(=O)c3cccc(F)c3)cc2)S(O)(O)N1. The summed E-state index contributed by atoms with van der Waals surface area (Å²) in [5.41, 5.74) is 1.37. The number of imidazole rings is 1. The Morgan fingerprint density at radius 3 is 2.40 bits per heavy atom. The van der Waals surface area contributed by atoms with E-state index in [1.165, 1.54) is 24.3 Å². The fourth-order valence-corrected chi connectivity index (χ4v) is 7.39. The van der Waals surface area contributed by atoms with E-state index in [0.717, 1.165) is 18.2 Å². The summed E-state index contributed by atoms with van der Waals surface area (Å²) in [5, 5.41) is -0.960. The molecule has 4 N–H and O–H groups in total. The molecule has 0 aliphatic carbocycles. The number of hydrogen-bond donors (Lipinski definition) is 4. The van der Waals surface area contributed by atoms with Gasteiger partial charge < -0.3 is 9.82 Å². The Bertz CT molecular complexity index is 1760. The number of rotatable bonds is 8. The molecular formula is C26H22F4N4O7S2. The molecular weight excluding hydrogens is 620 g/mol. The first-order valence-electron chi connectivity index (χ1n) is 12.4. The van der Waals surface area contributed by atoms with Gasteiger partial charge in [-0.1, -0.05) is 42.5 Å². The number of benzene rings is 3. The van der Waals surface area contributed by atoms with Gasteiger partial charge in [0.2, 0.25) is 5.91 Å².